The van der Waals surface area contributed by atoms with Gasteiger partial charge in [0.05, 0.1) is 6.26 Å². The lowest BCUT2D eigenvalue weighted by Gasteiger charge is -2.36. The van der Waals surface area contributed by atoms with Gasteiger partial charge >= 0.3 is 0 Å². The van der Waals surface area contributed by atoms with Gasteiger partial charge in [0, 0.05) is 52.2 Å². The predicted molar refractivity (Wildman–Crippen MR) is 117 cm³/mol. The molecule has 2 aromatic rings. The fraction of sp³-hybridized carbons (Fsp3) is 0.450. The molecule has 0 amide bonds. The molecule has 148 valence electrons. The highest BCUT2D eigenvalue weighted by atomic mass is 127. The average molecular weight is 486 g/mol. The molecule has 0 radical (unpaired) electrons. The van der Waals surface area contributed by atoms with Crippen LogP contribution in [0.15, 0.2) is 52.1 Å². The van der Waals surface area contributed by atoms with E-state index < -0.39 is 0 Å². The molecule has 0 saturated carbocycles. The van der Waals surface area contributed by atoms with Gasteiger partial charge in [0.1, 0.15) is 11.6 Å². The van der Waals surface area contributed by atoms with Crippen molar-refractivity contribution < 1.29 is 8.81 Å². The summed E-state index contributed by atoms with van der Waals surface area (Å²) in [5, 5.41) is 3.38. The van der Waals surface area contributed by atoms with Crippen molar-refractivity contribution in [1.29, 1.82) is 0 Å². The van der Waals surface area contributed by atoms with Gasteiger partial charge in [-0.05, 0) is 36.8 Å². The van der Waals surface area contributed by atoms with Gasteiger partial charge in [-0.3, -0.25) is 9.89 Å². The molecule has 0 atom stereocenters. The van der Waals surface area contributed by atoms with E-state index in [2.05, 4.69) is 22.0 Å². The summed E-state index contributed by atoms with van der Waals surface area (Å²) >= 11 is 0. The number of halogens is 2. The van der Waals surface area contributed by atoms with Crippen molar-refractivity contribution in [3.05, 3.63) is 59.8 Å². The Balaban J connectivity index is 0.00000261. The van der Waals surface area contributed by atoms with Crippen molar-refractivity contribution in [3.8, 4) is 0 Å². The van der Waals surface area contributed by atoms with Gasteiger partial charge in [-0.2, -0.15) is 0 Å². The zero-order valence-corrected chi connectivity index (χ0v) is 18.1. The second-order valence-electron chi connectivity index (χ2n) is 6.46. The quantitative estimate of drug-likeness (QED) is 0.387. The van der Waals surface area contributed by atoms with E-state index in [0.717, 1.165) is 63.0 Å². The van der Waals surface area contributed by atoms with Gasteiger partial charge in [-0.1, -0.05) is 12.1 Å². The van der Waals surface area contributed by atoms with Crippen molar-refractivity contribution in [2.45, 2.75) is 19.9 Å². The Hall–Kier alpha value is -1.61. The Labute approximate surface area is 177 Å². The zero-order valence-electron chi connectivity index (χ0n) is 15.7. The van der Waals surface area contributed by atoms with E-state index in [9.17, 15) is 4.39 Å². The molecule has 3 rings (SSSR count). The van der Waals surface area contributed by atoms with Gasteiger partial charge in [-0.25, -0.2) is 4.39 Å². The molecule has 0 spiro atoms. The van der Waals surface area contributed by atoms with Crippen LogP contribution in [0.25, 0.3) is 0 Å². The summed E-state index contributed by atoms with van der Waals surface area (Å²) in [5.74, 6) is 1.76. The summed E-state index contributed by atoms with van der Waals surface area (Å²) in [5.41, 5.74) is 1.03. The van der Waals surface area contributed by atoms with Crippen LogP contribution < -0.4 is 5.32 Å². The van der Waals surface area contributed by atoms with E-state index in [4.69, 9.17) is 9.41 Å². The monoisotopic (exact) mass is 486 g/mol. The third kappa shape index (κ3) is 6.80. The third-order valence-corrected chi connectivity index (χ3v) is 4.50. The van der Waals surface area contributed by atoms with E-state index in [1.807, 2.05) is 18.2 Å². The summed E-state index contributed by atoms with van der Waals surface area (Å²) < 4.78 is 18.7. The molecular formula is C20H28FIN4O. The van der Waals surface area contributed by atoms with Gasteiger partial charge in [0.2, 0.25) is 0 Å². The summed E-state index contributed by atoms with van der Waals surface area (Å²) in [6.45, 7) is 8.16. The van der Waals surface area contributed by atoms with Crippen LogP contribution in [0, 0.1) is 5.82 Å². The lowest BCUT2D eigenvalue weighted by atomic mass is 10.2. The number of nitrogens with zero attached hydrogens (tertiary/aromatic N) is 3. The van der Waals surface area contributed by atoms with Crippen LogP contribution in [0.4, 0.5) is 4.39 Å². The van der Waals surface area contributed by atoms with Crippen molar-refractivity contribution in [1.82, 2.24) is 15.1 Å². The van der Waals surface area contributed by atoms with Crippen molar-refractivity contribution in [3.63, 3.8) is 0 Å². The molecule has 1 aromatic carbocycles. The first-order valence-corrected chi connectivity index (χ1v) is 9.27. The smallest absolute Gasteiger partial charge is 0.194 e. The second kappa shape index (κ2) is 11.3. The molecule has 1 aliphatic heterocycles. The number of benzene rings is 1. The van der Waals surface area contributed by atoms with Gasteiger partial charge in [-0.15, -0.1) is 24.0 Å². The number of guanidine groups is 1. The predicted octanol–water partition coefficient (Wildman–Crippen LogP) is 3.36. The number of rotatable bonds is 6. The third-order valence-electron chi connectivity index (χ3n) is 4.50. The minimum absolute atomic E-state index is 0. The van der Waals surface area contributed by atoms with Gasteiger partial charge in [0.15, 0.2) is 5.96 Å². The number of hydrogen-bond acceptors (Lipinski definition) is 3. The summed E-state index contributed by atoms with van der Waals surface area (Å²) in [6, 6.07) is 10.7. The van der Waals surface area contributed by atoms with Crippen LogP contribution >= 0.6 is 24.0 Å². The molecule has 7 heteroatoms. The van der Waals surface area contributed by atoms with Crippen molar-refractivity contribution in [2.75, 3.05) is 39.3 Å². The number of nitrogens with one attached hydrogen (secondary N) is 1. The molecule has 1 fully saturated rings. The number of piperazine rings is 1. The Kier molecular flexibility index (Phi) is 9.06. The largest absolute Gasteiger partial charge is 0.469 e. The summed E-state index contributed by atoms with van der Waals surface area (Å²) in [4.78, 5) is 9.39. The summed E-state index contributed by atoms with van der Waals surface area (Å²) in [7, 11) is 0. The van der Waals surface area contributed by atoms with Crippen LogP contribution in [0.2, 0.25) is 0 Å². The molecule has 0 bridgehead atoms. The highest BCUT2D eigenvalue weighted by Crippen LogP contribution is 2.10. The van der Waals surface area contributed by atoms with E-state index in [0.29, 0.717) is 6.54 Å². The first-order valence-electron chi connectivity index (χ1n) is 9.27. The van der Waals surface area contributed by atoms with E-state index >= 15 is 0 Å². The SMILES string of the molecule is CCNC(=NCCc1ccco1)N1CCN(Cc2cccc(F)c2)CC1.I. The minimum Gasteiger partial charge on any atom is -0.469 e. The van der Waals surface area contributed by atoms with Crippen LogP contribution in [-0.4, -0.2) is 55.0 Å². The number of aliphatic imine (C=N–C) groups is 1. The van der Waals surface area contributed by atoms with Gasteiger partial charge < -0.3 is 14.6 Å². The van der Waals surface area contributed by atoms with Crippen LogP contribution in [-0.2, 0) is 13.0 Å². The number of furan rings is 1. The fourth-order valence-electron chi connectivity index (χ4n) is 3.16. The molecule has 5 nitrogen and oxygen atoms in total. The number of hydrogen-bond donors (Lipinski definition) is 1. The molecule has 0 aliphatic carbocycles. The maximum atomic E-state index is 13.3. The Morgan fingerprint density at radius 3 is 2.67 bits per heavy atom. The highest BCUT2D eigenvalue weighted by Gasteiger charge is 2.19. The molecule has 1 aromatic heterocycles. The Morgan fingerprint density at radius 2 is 2.00 bits per heavy atom. The van der Waals surface area contributed by atoms with Crippen LogP contribution in [0.3, 0.4) is 0 Å². The highest BCUT2D eigenvalue weighted by molar-refractivity contribution is 14.0. The Morgan fingerprint density at radius 1 is 1.19 bits per heavy atom. The molecule has 1 aliphatic rings. The maximum absolute atomic E-state index is 13.3. The molecular weight excluding hydrogens is 458 g/mol. The summed E-state index contributed by atoms with van der Waals surface area (Å²) in [6.07, 6.45) is 2.50. The fourth-order valence-corrected chi connectivity index (χ4v) is 3.16. The molecule has 27 heavy (non-hydrogen) atoms. The topological polar surface area (TPSA) is 44.0 Å². The standard InChI is InChI=1S/C20H27FN4O.HI/c1-2-22-20(23-9-8-19-7-4-14-26-19)25-12-10-24(11-13-25)16-17-5-3-6-18(21)15-17;/h3-7,14-15H,2,8-13,16H2,1H3,(H,22,23);1H. The van der Waals surface area contributed by atoms with Crippen LogP contribution in [0.5, 0.6) is 0 Å². The van der Waals surface area contributed by atoms with Crippen molar-refractivity contribution in [2.24, 2.45) is 4.99 Å². The van der Waals surface area contributed by atoms with E-state index in [-0.39, 0.29) is 29.8 Å². The first kappa shape index (κ1) is 21.7. The first-order chi connectivity index (χ1) is 12.7. The van der Waals surface area contributed by atoms with E-state index in [1.165, 1.54) is 6.07 Å². The molecule has 1 N–H and O–H groups in total. The van der Waals surface area contributed by atoms with Crippen molar-refractivity contribution >= 4 is 29.9 Å². The zero-order chi connectivity index (χ0) is 18.2. The molecule has 2 heterocycles. The average Bonchev–Trinajstić information content (AvgIpc) is 3.15. The Bertz CT molecular complexity index is 700. The molecule has 0 unspecified atom stereocenters. The van der Waals surface area contributed by atoms with Gasteiger partial charge in [0.25, 0.3) is 0 Å². The van der Waals surface area contributed by atoms with E-state index in [1.54, 1.807) is 18.4 Å². The second-order valence-corrected chi connectivity index (χ2v) is 6.46. The maximum Gasteiger partial charge on any atom is 0.194 e. The lowest BCUT2D eigenvalue weighted by Crippen LogP contribution is -2.52. The normalized spacial score (nSPS) is 15.5. The minimum atomic E-state index is -0.167. The molecule has 1 saturated heterocycles. The van der Waals surface area contributed by atoms with Crippen LogP contribution in [0.1, 0.15) is 18.2 Å². The lowest BCUT2D eigenvalue weighted by molar-refractivity contribution is 0.172.